The van der Waals surface area contributed by atoms with Gasteiger partial charge >= 0.3 is 0 Å². The first-order chi connectivity index (χ1) is 5.16. The fourth-order valence-corrected chi connectivity index (χ4v) is 1.02. The third-order valence-electron chi connectivity index (χ3n) is 2.12. The monoisotopic (exact) mass is 153 g/mol. The Hall–Kier alpha value is -1.08. The van der Waals surface area contributed by atoms with Crippen molar-refractivity contribution in [2.75, 3.05) is 13.6 Å². The molecule has 0 aromatic rings. The standard InChI is InChI=1S/C7H11N3O/c1-10(6(11)4-8)7(5-9)2-3-7/h2-4,8H2,1H3. The number of nitriles is 1. The molecule has 0 saturated heterocycles. The van der Waals surface area contributed by atoms with E-state index in [2.05, 4.69) is 6.07 Å². The zero-order chi connectivity index (χ0) is 8.48. The average Bonchev–Trinajstić information content (AvgIpc) is 2.82. The van der Waals surface area contributed by atoms with E-state index in [4.69, 9.17) is 11.0 Å². The van der Waals surface area contributed by atoms with Crippen LogP contribution < -0.4 is 5.73 Å². The summed E-state index contributed by atoms with van der Waals surface area (Å²) >= 11 is 0. The van der Waals surface area contributed by atoms with Crippen LogP contribution in [0, 0.1) is 11.3 Å². The Morgan fingerprint density at radius 2 is 2.36 bits per heavy atom. The molecule has 4 nitrogen and oxygen atoms in total. The summed E-state index contributed by atoms with van der Waals surface area (Å²) in [5.74, 6) is -0.163. The van der Waals surface area contributed by atoms with Gasteiger partial charge in [-0.3, -0.25) is 4.79 Å². The average molecular weight is 153 g/mol. The van der Waals surface area contributed by atoms with Gasteiger partial charge in [-0.2, -0.15) is 5.26 Å². The van der Waals surface area contributed by atoms with Crippen LogP contribution in [0.1, 0.15) is 12.8 Å². The molecule has 0 atom stereocenters. The van der Waals surface area contributed by atoms with Crippen LogP contribution in [0.5, 0.6) is 0 Å². The van der Waals surface area contributed by atoms with E-state index in [1.54, 1.807) is 7.05 Å². The topological polar surface area (TPSA) is 70.1 Å². The summed E-state index contributed by atoms with van der Waals surface area (Å²) in [5.41, 5.74) is 4.63. The van der Waals surface area contributed by atoms with Gasteiger partial charge < -0.3 is 10.6 Å². The normalized spacial score (nSPS) is 18.6. The molecular formula is C7H11N3O. The van der Waals surface area contributed by atoms with E-state index >= 15 is 0 Å². The number of rotatable bonds is 2. The van der Waals surface area contributed by atoms with E-state index in [1.165, 1.54) is 4.90 Å². The second kappa shape index (κ2) is 2.51. The highest BCUT2D eigenvalue weighted by atomic mass is 16.2. The van der Waals surface area contributed by atoms with Gasteiger partial charge in [-0.25, -0.2) is 0 Å². The molecule has 0 radical (unpaired) electrons. The fourth-order valence-electron chi connectivity index (χ4n) is 1.02. The van der Waals surface area contributed by atoms with Gasteiger partial charge in [0.05, 0.1) is 12.6 Å². The van der Waals surface area contributed by atoms with Crippen molar-refractivity contribution in [3.63, 3.8) is 0 Å². The predicted octanol–water partition coefficient (Wildman–Crippen LogP) is -0.540. The third kappa shape index (κ3) is 1.19. The summed E-state index contributed by atoms with van der Waals surface area (Å²) in [5, 5.41) is 8.69. The number of hydrogen-bond acceptors (Lipinski definition) is 3. The van der Waals surface area contributed by atoms with E-state index in [-0.39, 0.29) is 12.5 Å². The quantitative estimate of drug-likeness (QED) is 0.579. The summed E-state index contributed by atoms with van der Waals surface area (Å²) in [6.07, 6.45) is 1.57. The minimum Gasteiger partial charge on any atom is -0.326 e. The largest absolute Gasteiger partial charge is 0.326 e. The molecule has 1 rings (SSSR count). The third-order valence-corrected chi connectivity index (χ3v) is 2.12. The van der Waals surface area contributed by atoms with E-state index in [9.17, 15) is 4.79 Å². The lowest BCUT2D eigenvalue weighted by Crippen LogP contribution is -2.41. The number of amides is 1. The molecule has 0 bridgehead atoms. The minimum atomic E-state index is -0.517. The van der Waals surface area contributed by atoms with Crippen molar-refractivity contribution in [2.45, 2.75) is 18.4 Å². The lowest BCUT2D eigenvalue weighted by molar-refractivity contribution is -0.130. The Morgan fingerprint density at radius 3 is 2.64 bits per heavy atom. The molecule has 0 aromatic carbocycles. The molecule has 1 amide bonds. The van der Waals surface area contributed by atoms with Gasteiger partial charge in [0, 0.05) is 7.05 Å². The number of hydrogen-bond donors (Lipinski definition) is 1. The molecule has 0 heterocycles. The van der Waals surface area contributed by atoms with E-state index < -0.39 is 5.54 Å². The number of carbonyl (C=O) groups is 1. The summed E-state index contributed by atoms with van der Waals surface area (Å²) in [6.45, 7) is -0.0140. The first kappa shape index (κ1) is 8.02. The first-order valence-electron chi connectivity index (χ1n) is 3.54. The Labute approximate surface area is 65.6 Å². The van der Waals surface area contributed by atoms with Crippen molar-refractivity contribution >= 4 is 5.91 Å². The molecule has 0 aliphatic heterocycles. The van der Waals surface area contributed by atoms with Crippen molar-refractivity contribution in [2.24, 2.45) is 5.73 Å². The maximum atomic E-state index is 11.0. The van der Waals surface area contributed by atoms with Crippen LogP contribution in [0.3, 0.4) is 0 Å². The van der Waals surface area contributed by atoms with Crippen LogP contribution in [0.4, 0.5) is 0 Å². The van der Waals surface area contributed by atoms with Gasteiger partial charge in [-0.1, -0.05) is 0 Å². The Bertz CT molecular complexity index is 214. The van der Waals surface area contributed by atoms with E-state index in [0.717, 1.165) is 12.8 Å². The second-order valence-corrected chi connectivity index (χ2v) is 2.80. The van der Waals surface area contributed by atoms with Crippen LogP contribution in [-0.2, 0) is 4.79 Å². The lowest BCUT2D eigenvalue weighted by Gasteiger charge is -2.20. The Morgan fingerprint density at radius 1 is 1.82 bits per heavy atom. The van der Waals surface area contributed by atoms with Crippen LogP contribution >= 0.6 is 0 Å². The molecule has 11 heavy (non-hydrogen) atoms. The minimum absolute atomic E-state index is 0.0140. The molecule has 60 valence electrons. The van der Waals surface area contributed by atoms with Crippen molar-refractivity contribution < 1.29 is 4.79 Å². The summed E-state index contributed by atoms with van der Waals surface area (Å²) in [4.78, 5) is 12.5. The number of likely N-dealkylation sites (N-methyl/N-ethyl adjacent to an activating group) is 1. The highest BCUT2D eigenvalue weighted by Crippen LogP contribution is 2.39. The fraction of sp³-hybridized carbons (Fsp3) is 0.714. The highest BCUT2D eigenvalue weighted by molar-refractivity contribution is 5.79. The zero-order valence-electron chi connectivity index (χ0n) is 6.50. The van der Waals surface area contributed by atoms with E-state index in [0.29, 0.717) is 0 Å². The van der Waals surface area contributed by atoms with Crippen LogP contribution in [0.15, 0.2) is 0 Å². The molecule has 1 aliphatic rings. The second-order valence-electron chi connectivity index (χ2n) is 2.80. The van der Waals surface area contributed by atoms with Crippen LogP contribution in [0.25, 0.3) is 0 Å². The summed E-state index contributed by atoms with van der Waals surface area (Å²) in [7, 11) is 1.63. The predicted molar refractivity (Wildman–Crippen MR) is 39.4 cm³/mol. The number of nitrogens with two attached hydrogens (primary N) is 1. The summed E-state index contributed by atoms with van der Waals surface area (Å²) in [6, 6.07) is 2.12. The molecule has 1 fully saturated rings. The highest BCUT2D eigenvalue weighted by Gasteiger charge is 2.48. The van der Waals surface area contributed by atoms with Gasteiger partial charge in [0.25, 0.3) is 0 Å². The van der Waals surface area contributed by atoms with Gasteiger partial charge in [0.2, 0.25) is 5.91 Å². The maximum absolute atomic E-state index is 11.0. The molecule has 0 spiro atoms. The van der Waals surface area contributed by atoms with Gasteiger partial charge in [0.15, 0.2) is 0 Å². The van der Waals surface area contributed by atoms with Crippen LogP contribution in [0.2, 0.25) is 0 Å². The first-order valence-corrected chi connectivity index (χ1v) is 3.54. The molecule has 4 heteroatoms. The Kier molecular flexibility index (Phi) is 1.83. The smallest absolute Gasteiger partial charge is 0.237 e. The summed E-state index contributed by atoms with van der Waals surface area (Å²) < 4.78 is 0. The van der Waals surface area contributed by atoms with Crippen molar-refractivity contribution in [3.8, 4) is 6.07 Å². The van der Waals surface area contributed by atoms with Crippen LogP contribution in [-0.4, -0.2) is 29.9 Å². The molecule has 0 aromatic heterocycles. The zero-order valence-corrected chi connectivity index (χ0v) is 6.50. The molecule has 2 N–H and O–H groups in total. The molecule has 1 aliphatic carbocycles. The molecule has 1 saturated carbocycles. The van der Waals surface area contributed by atoms with Crippen molar-refractivity contribution in [3.05, 3.63) is 0 Å². The maximum Gasteiger partial charge on any atom is 0.237 e. The van der Waals surface area contributed by atoms with E-state index in [1.807, 2.05) is 0 Å². The SMILES string of the molecule is CN(C(=O)CN)C1(C#N)CC1. The van der Waals surface area contributed by atoms with Crippen molar-refractivity contribution in [1.29, 1.82) is 5.26 Å². The van der Waals surface area contributed by atoms with Gasteiger partial charge in [0.1, 0.15) is 5.54 Å². The van der Waals surface area contributed by atoms with Crippen molar-refractivity contribution in [1.82, 2.24) is 4.90 Å². The molecular weight excluding hydrogens is 142 g/mol. The number of nitrogens with zero attached hydrogens (tertiary/aromatic N) is 2. The van der Waals surface area contributed by atoms with Gasteiger partial charge in [-0.15, -0.1) is 0 Å². The Balaban J connectivity index is 2.62. The lowest BCUT2D eigenvalue weighted by atomic mass is 10.2. The number of carbonyl (C=O) groups excluding carboxylic acids is 1. The van der Waals surface area contributed by atoms with Gasteiger partial charge in [-0.05, 0) is 12.8 Å². The molecule has 0 unspecified atom stereocenters.